The van der Waals surface area contributed by atoms with Crippen LogP contribution in [0.3, 0.4) is 0 Å². The maximum absolute atomic E-state index is 13.6. The highest BCUT2D eigenvalue weighted by atomic mass is 32.1. The third-order valence-corrected chi connectivity index (χ3v) is 13.8. The second-order valence-electron chi connectivity index (χ2n) is 20.8. The predicted molar refractivity (Wildman–Crippen MR) is 285 cm³/mol. The molecule has 0 aliphatic heterocycles. The van der Waals surface area contributed by atoms with E-state index in [1.807, 2.05) is 80.5 Å². The number of ether oxygens (including phenoxy) is 4. The predicted octanol–water partition coefficient (Wildman–Crippen LogP) is 14.3. The van der Waals surface area contributed by atoms with Crippen molar-refractivity contribution < 1.29 is 48.7 Å². The molecule has 11 heteroatoms. The van der Waals surface area contributed by atoms with Gasteiger partial charge in [0.25, 0.3) is 0 Å². The lowest BCUT2D eigenvalue weighted by atomic mass is 9.91. The number of thiocarbonyl (C=S) groups is 1. The van der Waals surface area contributed by atoms with Gasteiger partial charge >= 0.3 is 17.9 Å². The monoisotopic (exact) mass is 989 g/mol. The third kappa shape index (κ3) is 21.0. The molecule has 0 aliphatic rings. The van der Waals surface area contributed by atoms with Gasteiger partial charge in [-0.25, -0.2) is 0 Å². The molecule has 3 N–H and O–H groups in total. The Labute approximate surface area is 426 Å². The molecular weight excluding hydrogens is 901 g/mol. The molecule has 3 aromatic carbocycles. The maximum Gasteiger partial charge on any atom is 0.306 e. The number of benzene rings is 3. The first-order valence-corrected chi connectivity index (χ1v) is 26.8. The normalized spacial score (nSPS) is 11.7. The fourth-order valence-corrected chi connectivity index (χ4v) is 8.96. The number of phenolic OH excluding ortho intramolecular Hbond substituents is 3. The van der Waals surface area contributed by atoms with Crippen molar-refractivity contribution in [3.8, 4) is 17.2 Å². The number of esters is 3. The Bertz CT molecular complexity index is 1920. The van der Waals surface area contributed by atoms with E-state index in [2.05, 4.69) is 6.92 Å². The van der Waals surface area contributed by atoms with Gasteiger partial charge in [-0.1, -0.05) is 137 Å². The molecule has 0 unspecified atom stereocenters. The van der Waals surface area contributed by atoms with Crippen LogP contribution in [0.15, 0.2) is 36.4 Å². The molecule has 0 atom stereocenters. The fourth-order valence-electron chi connectivity index (χ4n) is 8.76. The Balaban J connectivity index is 1.81. The molecule has 3 rings (SSSR count). The number of hydrogen-bond donors (Lipinski definition) is 3. The minimum absolute atomic E-state index is 0.0473. The van der Waals surface area contributed by atoms with Gasteiger partial charge in [0.05, 0.1) is 0 Å². The summed E-state index contributed by atoms with van der Waals surface area (Å²) in [5.41, 5.74) is 6.46. The molecule has 0 radical (unpaired) electrons. The summed E-state index contributed by atoms with van der Waals surface area (Å²) in [6.45, 7) is 19.0. The van der Waals surface area contributed by atoms with Crippen LogP contribution in [0.2, 0.25) is 0 Å². The number of carbonyl (C=O) groups excluding carboxylic acids is 3. The van der Waals surface area contributed by atoms with E-state index < -0.39 is 23.3 Å². The summed E-state index contributed by atoms with van der Waals surface area (Å²) in [4.78, 5) is 40.8. The van der Waals surface area contributed by atoms with Crippen molar-refractivity contribution in [2.45, 2.75) is 209 Å². The zero-order valence-corrected chi connectivity index (χ0v) is 45.4. The largest absolute Gasteiger partial charge is 0.508 e. The van der Waals surface area contributed by atoms with Crippen molar-refractivity contribution in [3.05, 3.63) is 86.5 Å². The molecule has 70 heavy (non-hydrogen) atoms. The van der Waals surface area contributed by atoms with E-state index in [4.69, 9.17) is 31.2 Å². The van der Waals surface area contributed by atoms with Crippen LogP contribution >= 0.6 is 12.2 Å². The lowest BCUT2D eigenvalue weighted by molar-refractivity contribution is -0.164. The summed E-state index contributed by atoms with van der Waals surface area (Å²) in [6, 6.07) is 11.0. The minimum Gasteiger partial charge on any atom is -0.508 e. The quantitative estimate of drug-likeness (QED) is 0.0232. The number of unbranched alkanes of at least 4 members (excludes halogenated alkanes) is 11. The van der Waals surface area contributed by atoms with E-state index in [0.29, 0.717) is 30.7 Å². The number of aromatic hydroxyl groups is 3. The van der Waals surface area contributed by atoms with Gasteiger partial charge < -0.3 is 34.3 Å². The van der Waals surface area contributed by atoms with Crippen LogP contribution in [0.1, 0.15) is 219 Å². The maximum atomic E-state index is 13.6. The Morgan fingerprint density at radius 1 is 0.457 bits per heavy atom. The van der Waals surface area contributed by atoms with Crippen LogP contribution in [0.25, 0.3) is 0 Å². The summed E-state index contributed by atoms with van der Waals surface area (Å²) < 4.78 is 24.2. The molecule has 0 amide bonds. The van der Waals surface area contributed by atoms with Crippen molar-refractivity contribution in [2.75, 3.05) is 26.4 Å². The second kappa shape index (κ2) is 31.0. The Kier molecular flexibility index (Phi) is 26.4. The Morgan fingerprint density at radius 2 is 0.743 bits per heavy atom. The van der Waals surface area contributed by atoms with Gasteiger partial charge in [-0.15, -0.1) is 0 Å². The lowest BCUT2D eigenvalue weighted by Gasteiger charge is -2.32. The van der Waals surface area contributed by atoms with Gasteiger partial charge in [0.15, 0.2) is 5.05 Å². The molecule has 0 saturated heterocycles. The zero-order chi connectivity index (χ0) is 51.8. The van der Waals surface area contributed by atoms with Crippen LogP contribution in [-0.4, -0.2) is 64.7 Å². The highest BCUT2D eigenvalue weighted by Gasteiger charge is 2.38. The van der Waals surface area contributed by atoms with E-state index in [0.717, 1.165) is 69.3 Å². The molecule has 0 fully saturated rings. The van der Waals surface area contributed by atoms with Crippen molar-refractivity contribution in [3.63, 3.8) is 0 Å². The van der Waals surface area contributed by atoms with E-state index in [1.165, 1.54) is 57.8 Å². The summed E-state index contributed by atoms with van der Waals surface area (Å²) in [6.07, 6.45) is 16.4. The molecule has 0 spiro atoms. The first kappa shape index (κ1) is 59.7. The van der Waals surface area contributed by atoms with E-state index in [1.54, 1.807) is 18.2 Å². The van der Waals surface area contributed by atoms with E-state index in [-0.39, 0.29) is 80.7 Å². The molecule has 0 heterocycles. The average molecular weight is 989 g/mol. The van der Waals surface area contributed by atoms with Gasteiger partial charge in [-0.2, -0.15) is 0 Å². The van der Waals surface area contributed by atoms with Crippen LogP contribution in [0, 0.1) is 26.2 Å². The minimum atomic E-state index is -1.31. The first-order valence-electron chi connectivity index (χ1n) is 26.3. The molecule has 0 aromatic heterocycles. The van der Waals surface area contributed by atoms with Gasteiger partial charge in [-0.3, -0.25) is 14.4 Å². The number of rotatable bonds is 33. The van der Waals surface area contributed by atoms with Crippen LogP contribution in [-0.2, 0) is 52.6 Å². The van der Waals surface area contributed by atoms with E-state index >= 15 is 0 Å². The molecule has 0 aliphatic carbocycles. The third-order valence-electron chi connectivity index (χ3n) is 13.5. The van der Waals surface area contributed by atoms with Gasteiger partial charge in [-0.05, 0) is 145 Å². The zero-order valence-electron chi connectivity index (χ0n) is 44.6. The van der Waals surface area contributed by atoms with Crippen LogP contribution in [0.4, 0.5) is 0 Å². The standard InChI is InChI=1S/C59H88O10S/c1-11-12-13-14-15-16-17-18-19-20-21-22-23-58(70)69-39-59(36-66-55(63)27-24-46-33-49(40(2)3)52(60)30-43(46)8,37-67-56(64)28-25-47-34-50(41(4)5)53(61)31-44(47)9)38-68-57(65)29-26-48-35-51(42(6)7)54(62)32-45(48)10/h30-35,40-42,60-62H,11-29,36-39H2,1-10H3. The van der Waals surface area contributed by atoms with Crippen LogP contribution in [0.5, 0.6) is 17.2 Å². The summed E-state index contributed by atoms with van der Waals surface area (Å²) in [7, 11) is 0. The van der Waals surface area contributed by atoms with Crippen molar-refractivity contribution in [2.24, 2.45) is 5.41 Å². The van der Waals surface area contributed by atoms with Gasteiger partial charge in [0.2, 0.25) is 0 Å². The van der Waals surface area contributed by atoms with Gasteiger partial charge in [0.1, 0.15) is 49.1 Å². The summed E-state index contributed by atoms with van der Waals surface area (Å²) in [5.74, 6) is -0.536. The SMILES string of the molecule is CCCCCCCCCCCCCCC(=S)OCC(COC(=O)CCc1cc(C(C)C)c(O)cc1C)(COC(=O)CCc1cc(C(C)C)c(O)cc1C)COC(=O)CCc1cc(C(C)C)c(O)cc1C. The average Bonchev–Trinajstić information content (AvgIpc) is 3.30. The Hall–Kier alpha value is -4.64. The lowest BCUT2D eigenvalue weighted by Crippen LogP contribution is -2.44. The highest BCUT2D eigenvalue weighted by molar-refractivity contribution is 7.80. The highest BCUT2D eigenvalue weighted by Crippen LogP contribution is 2.32. The number of hydrogen-bond acceptors (Lipinski definition) is 11. The molecule has 10 nitrogen and oxygen atoms in total. The Morgan fingerprint density at radius 3 is 1.04 bits per heavy atom. The molecule has 0 bridgehead atoms. The second-order valence-corrected chi connectivity index (χ2v) is 21.2. The summed E-state index contributed by atoms with van der Waals surface area (Å²) in [5, 5.41) is 32.0. The smallest absolute Gasteiger partial charge is 0.306 e. The number of phenols is 3. The summed E-state index contributed by atoms with van der Waals surface area (Å²) >= 11 is 5.75. The molecular formula is C59H88O10S. The van der Waals surface area contributed by atoms with E-state index in [9.17, 15) is 29.7 Å². The van der Waals surface area contributed by atoms with Crippen molar-refractivity contribution in [1.29, 1.82) is 0 Å². The first-order chi connectivity index (χ1) is 33.2. The molecule has 0 saturated carbocycles. The molecule has 390 valence electrons. The van der Waals surface area contributed by atoms with Gasteiger partial charge in [0, 0.05) is 25.7 Å². The number of carbonyl (C=O) groups is 3. The topological polar surface area (TPSA) is 149 Å². The van der Waals surface area contributed by atoms with Crippen LogP contribution < -0.4 is 0 Å². The fraction of sp³-hybridized carbons (Fsp3) is 0.627. The molecule has 3 aromatic rings. The van der Waals surface area contributed by atoms with Crippen molar-refractivity contribution in [1.82, 2.24) is 0 Å². The van der Waals surface area contributed by atoms with Crippen molar-refractivity contribution >= 4 is 35.2 Å². The number of aryl methyl sites for hydroxylation is 6.